The number of hydrogen-bond donors (Lipinski definition) is 2. The van der Waals surface area contributed by atoms with Gasteiger partial charge in [0.05, 0.1) is 11.0 Å². The van der Waals surface area contributed by atoms with E-state index < -0.39 is 27.9 Å². The highest BCUT2D eigenvalue weighted by atomic mass is 32.2. The minimum absolute atomic E-state index is 0.204. The summed E-state index contributed by atoms with van der Waals surface area (Å²) < 4.78 is 23.1. The summed E-state index contributed by atoms with van der Waals surface area (Å²) in [6, 6.07) is 13.3. The van der Waals surface area contributed by atoms with E-state index in [1.165, 1.54) is 12.1 Å². The first kappa shape index (κ1) is 18.6. The molecule has 1 aliphatic heterocycles. The molecule has 138 valence electrons. The number of carbonyl (C=O) groups is 1. The molecule has 1 heterocycles. The summed E-state index contributed by atoms with van der Waals surface area (Å²) in [5.74, 6) is -0.447. The van der Waals surface area contributed by atoms with Gasteiger partial charge in [0.2, 0.25) is 5.91 Å². The average molecular weight is 374 g/mol. The SMILES string of the molecule is CS(=O)(=O)c1ccc(C(O)CN2CCc3ccccc3C2C(N)=O)cc1. The van der Waals surface area contributed by atoms with Crippen molar-refractivity contribution in [3.63, 3.8) is 0 Å². The molecule has 0 spiro atoms. The molecule has 7 heteroatoms. The Labute approximate surface area is 153 Å². The summed E-state index contributed by atoms with van der Waals surface area (Å²) in [7, 11) is -3.28. The number of amides is 1. The summed E-state index contributed by atoms with van der Waals surface area (Å²) in [6.45, 7) is 0.850. The highest BCUT2D eigenvalue weighted by Crippen LogP contribution is 2.31. The maximum atomic E-state index is 12.0. The summed E-state index contributed by atoms with van der Waals surface area (Å²) in [5, 5.41) is 10.6. The van der Waals surface area contributed by atoms with E-state index in [1.54, 1.807) is 12.1 Å². The number of rotatable bonds is 5. The van der Waals surface area contributed by atoms with Crippen LogP contribution < -0.4 is 5.73 Å². The lowest BCUT2D eigenvalue weighted by molar-refractivity contribution is -0.124. The van der Waals surface area contributed by atoms with Gasteiger partial charge in [-0.15, -0.1) is 0 Å². The van der Waals surface area contributed by atoms with Gasteiger partial charge in [0.1, 0.15) is 6.04 Å². The van der Waals surface area contributed by atoms with Gasteiger partial charge in [-0.05, 0) is 35.2 Å². The predicted molar refractivity (Wildman–Crippen MR) is 98.2 cm³/mol. The first-order chi connectivity index (χ1) is 12.3. The van der Waals surface area contributed by atoms with Crippen LogP contribution in [0.5, 0.6) is 0 Å². The molecule has 0 radical (unpaired) electrons. The van der Waals surface area contributed by atoms with E-state index in [0.717, 1.165) is 23.8 Å². The molecule has 1 amide bonds. The van der Waals surface area contributed by atoms with Gasteiger partial charge in [-0.2, -0.15) is 0 Å². The van der Waals surface area contributed by atoms with Crippen LogP contribution in [-0.4, -0.2) is 43.7 Å². The molecule has 0 fully saturated rings. The van der Waals surface area contributed by atoms with Crippen molar-refractivity contribution in [2.24, 2.45) is 5.73 Å². The number of sulfone groups is 1. The van der Waals surface area contributed by atoms with Crippen molar-refractivity contribution in [1.29, 1.82) is 0 Å². The summed E-state index contributed by atoms with van der Waals surface area (Å²) >= 11 is 0. The number of nitrogens with two attached hydrogens (primary N) is 1. The fourth-order valence-electron chi connectivity index (χ4n) is 3.41. The van der Waals surface area contributed by atoms with Gasteiger partial charge < -0.3 is 10.8 Å². The number of aliphatic hydroxyl groups is 1. The lowest BCUT2D eigenvalue weighted by Gasteiger charge is -2.36. The average Bonchev–Trinajstić information content (AvgIpc) is 2.60. The maximum Gasteiger partial charge on any atom is 0.239 e. The van der Waals surface area contributed by atoms with Crippen LogP contribution in [0.3, 0.4) is 0 Å². The molecule has 2 atom stereocenters. The van der Waals surface area contributed by atoms with Crippen molar-refractivity contribution in [1.82, 2.24) is 4.90 Å². The van der Waals surface area contributed by atoms with E-state index in [0.29, 0.717) is 12.1 Å². The normalized spacial score (nSPS) is 18.9. The summed E-state index contributed by atoms with van der Waals surface area (Å²) in [6.07, 6.45) is 1.07. The van der Waals surface area contributed by atoms with Crippen molar-refractivity contribution >= 4 is 15.7 Å². The molecule has 2 aromatic rings. The Bertz CT molecular complexity index is 909. The van der Waals surface area contributed by atoms with Crippen LogP contribution in [0.2, 0.25) is 0 Å². The zero-order valence-corrected chi connectivity index (χ0v) is 15.3. The van der Waals surface area contributed by atoms with Crippen LogP contribution in [0.4, 0.5) is 0 Å². The van der Waals surface area contributed by atoms with E-state index >= 15 is 0 Å². The van der Waals surface area contributed by atoms with E-state index in [4.69, 9.17) is 5.73 Å². The van der Waals surface area contributed by atoms with E-state index in [2.05, 4.69) is 0 Å². The fraction of sp³-hybridized carbons (Fsp3) is 0.316. The number of benzene rings is 2. The van der Waals surface area contributed by atoms with Gasteiger partial charge in [-0.25, -0.2) is 8.42 Å². The van der Waals surface area contributed by atoms with Crippen LogP contribution in [0.15, 0.2) is 53.4 Å². The Balaban J connectivity index is 1.80. The molecule has 2 aromatic carbocycles. The first-order valence-electron chi connectivity index (χ1n) is 8.36. The van der Waals surface area contributed by atoms with Crippen molar-refractivity contribution in [3.8, 4) is 0 Å². The van der Waals surface area contributed by atoms with Gasteiger partial charge in [-0.1, -0.05) is 36.4 Å². The molecule has 6 nitrogen and oxygen atoms in total. The molecule has 2 unspecified atom stereocenters. The molecule has 0 saturated heterocycles. The summed E-state index contributed by atoms with van der Waals surface area (Å²) in [5.41, 5.74) is 8.20. The second-order valence-corrected chi connectivity index (χ2v) is 8.62. The zero-order chi connectivity index (χ0) is 18.9. The quantitative estimate of drug-likeness (QED) is 0.819. The minimum atomic E-state index is -3.28. The van der Waals surface area contributed by atoms with Crippen LogP contribution in [0.25, 0.3) is 0 Å². The minimum Gasteiger partial charge on any atom is -0.387 e. The molecule has 3 N–H and O–H groups in total. The Morgan fingerprint density at radius 3 is 2.50 bits per heavy atom. The Hall–Kier alpha value is -2.22. The van der Waals surface area contributed by atoms with Gasteiger partial charge in [0.15, 0.2) is 9.84 Å². The van der Waals surface area contributed by atoms with Crippen LogP contribution in [-0.2, 0) is 21.1 Å². The van der Waals surface area contributed by atoms with Crippen molar-refractivity contribution in [2.45, 2.75) is 23.5 Å². The molecule has 0 bridgehead atoms. The Morgan fingerprint density at radius 1 is 1.23 bits per heavy atom. The fourth-order valence-corrected chi connectivity index (χ4v) is 4.04. The van der Waals surface area contributed by atoms with E-state index in [1.807, 2.05) is 29.2 Å². The van der Waals surface area contributed by atoms with Crippen LogP contribution >= 0.6 is 0 Å². The third-order valence-electron chi connectivity index (χ3n) is 4.75. The smallest absolute Gasteiger partial charge is 0.239 e. The Morgan fingerprint density at radius 2 is 1.88 bits per heavy atom. The molecule has 1 aliphatic rings. The van der Waals surface area contributed by atoms with E-state index in [9.17, 15) is 18.3 Å². The standard InChI is InChI=1S/C19H22N2O4S/c1-26(24,25)15-8-6-14(7-9-15)17(22)12-21-11-10-13-4-2-3-5-16(13)18(21)19(20)23/h2-9,17-18,22H,10-12H2,1H3,(H2,20,23). The Kier molecular flexibility index (Phi) is 5.13. The van der Waals surface area contributed by atoms with Crippen molar-refractivity contribution in [2.75, 3.05) is 19.3 Å². The van der Waals surface area contributed by atoms with Gasteiger partial charge in [0, 0.05) is 19.3 Å². The number of fused-ring (bicyclic) bond motifs is 1. The number of nitrogens with zero attached hydrogens (tertiary/aromatic N) is 1. The van der Waals surface area contributed by atoms with Gasteiger partial charge in [0.25, 0.3) is 0 Å². The first-order valence-corrected chi connectivity index (χ1v) is 10.3. The molecule has 26 heavy (non-hydrogen) atoms. The summed E-state index contributed by atoms with van der Waals surface area (Å²) in [4.78, 5) is 14.1. The number of aliphatic hydroxyl groups excluding tert-OH is 1. The number of carbonyl (C=O) groups excluding carboxylic acids is 1. The highest BCUT2D eigenvalue weighted by molar-refractivity contribution is 7.90. The zero-order valence-electron chi connectivity index (χ0n) is 14.5. The van der Waals surface area contributed by atoms with Crippen LogP contribution in [0.1, 0.15) is 28.8 Å². The number of primary amides is 1. The molecule has 0 aromatic heterocycles. The lowest BCUT2D eigenvalue weighted by atomic mass is 9.91. The third kappa shape index (κ3) is 3.80. The van der Waals surface area contributed by atoms with Gasteiger partial charge >= 0.3 is 0 Å². The van der Waals surface area contributed by atoms with Crippen molar-refractivity contribution in [3.05, 3.63) is 65.2 Å². The third-order valence-corrected chi connectivity index (χ3v) is 5.88. The van der Waals surface area contributed by atoms with Crippen molar-refractivity contribution < 1.29 is 18.3 Å². The number of β-amino-alcohol motifs (C(OH)–C–C–N with tert-alkyl or cyclic N) is 1. The largest absolute Gasteiger partial charge is 0.387 e. The second kappa shape index (κ2) is 7.19. The maximum absolute atomic E-state index is 12.0. The second-order valence-electron chi connectivity index (χ2n) is 6.61. The number of hydrogen-bond acceptors (Lipinski definition) is 5. The topological polar surface area (TPSA) is 101 Å². The molecular weight excluding hydrogens is 352 g/mol. The lowest BCUT2D eigenvalue weighted by Crippen LogP contribution is -2.44. The monoisotopic (exact) mass is 374 g/mol. The van der Waals surface area contributed by atoms with Crippen LogP contribution in [0, 0.1) is 0 Å². The molecule has 0 aliphatic carbocycles. The molecular formula is C19H22N2O4S. The van der Waals surface area contributed by atoms with E-state index in [-0.39, 0.29) is 11.4 Å². The molecule has 0 saturated carbocycles. The predicted octanol–water partition coefficient (Wildman–Crippen LogP) is 1.21. The molecule has 3 rings (SSSR count). The van der Waals surface area contributed by atoms with Gasteiger partial charge in [-0.3, -0.25) is 9.69 Å². The highest BCUT2D eigenvalue weighted by Gasteiger charge is 2.32.